The zero-order valence-corrected chi connectivity index (χ0v) is 16.3. The van der Waals surface area contributed by atoms with Crippen LogP contribution in [-0.2, 0) is 4.74 Å². The lowest BCUT2D eigenvalue weighted by Crippen LogP contribution is -2.30. The molecule has 0 saturated heterocycles. The van der Waals surface area contributed by atoms with Crippen molar-refractivity contribution in [3.05, 3.63) is 52.4 Å². The van der Waals surface area contributed by atoms with Gasteiger partial charge in [0.05, 0.1) is 18.4 Å². The number of ether oxygens (including phenoxy) is 2. The predicted molar refractivity (Wildman–Crippen MR) is 107 cm³/mol. The number of nitrogens with zero attached hydrogens (tertiary/aromatic N) is 1. The zero-order chi connectivity index (χ0) is 20.3. The van der Waals surface area contributed by atoms with Gasteiger partial charge in [0.15, 0.2) is 5.58 Å². The molecular weight excluding hydrogens is 384 g/mol. The summed E-state index contributed by atoms with van der Waals surface area (Å²) >= 11 is 1.21. The highest BCUT2D eigenvalue weighted by atomic mass is 32.1. The van der Waals surface area contributed by atoms with E-state index in [1.165, 1.54) is 29.4 Å². The number of esters is 1. The molecule has 0 saturated carbocycles. The molecule has 0 atom stereocenters. The van der Waals surface area contributed by atoms with Crippen LogP contribution in [0.4, 0.5) is 15.5 Å². The van der Waals surface area contributed by atoms with Gasteiger partial charge in [-0.25, -0.2) is 14.4 Å². The van der Waals surface area contributed by atoms with Crippen LogP contribution in [0.1, 0.15) is 17.3 Å². The van der Waals surface area contributed by atoms with Gasteiger partial charge in [-0.1, -0.05) is 0 Å². The van der Waals surface area contributed by atoms with Crippen molar-refractivity contribution in [3.63, 3.8) is 0 Å². The van der Waals surface area contributed by atoms with E-state index in [4.69, 9.17) is 9.15 Å². The number of amides is 2. The number of carbonyl (C=O) groups is 2. The molecule has 8 nitrogen and oxygen atoms in total. The smallest absolute Gasteiger partial charge is 0.351 e. The van der Waals surface area contributed by atoms with E-state index < -0.39 is 11.6 Å². The molecule has 0 unspecified atom stereocenters. The number of anilines is 2. The second-order valence-electron chi connectivity index (χ2n) is 5.70. The summed E-state index contributed by atoms with van der Waals surface area (Å²) in [5, 5.41) is 3.32. The number of carbonyl (C=O) groups excluding carboxylic acids is 2. The SMILES string of the molecule is CCOc1ccc(NC(=O)N(C)c2cc3oc(=O)c(C(=O)OC)cc3s2)cc1. The Hall–Kier alpha value is -3.33. The average molecular weight is 402 g/mol. The predicted octanol–water partition coefficient (Wildman–Crippen LogP) is 3.71. The van der Waals surface area contributed by atoms with Gasteiger partial charge in [-0.3, -0.25) is 4.90 Å². The monoisotopic (exact) mass is 402 g/mol. The van der Waals surface area contributed by atoms with Crippen LogP contribution in [0.5, 0.6) is 5.75 Å². The quantitative estimate of drug-likeness (QED) is 0.654. The van der Waals surface area contributed by atoms with Gasteiger partial charge >= 0.3 is 17.6 Å². The van der Waals surface area contributed by atoms with Crippen LogP contribution in [-0.4, -0.2) is 32.8 Å². The summed E-state index contributed by atoms with van der Waals surface area (Å²) < 4.78 is 15.7. The molecule has 1 aromatic carbocycles. The third kappa shape index (κ3) is 3.99. The van der Waals surface area contributed by atoms with Crippen LogP contribution in [0.15, 0.2) is 45.6 Å². The van der Waals surface area contributed by atoms with Crippen molar-refractivity contribution in [3.8, 4) is 5.75 Å². The number of hydrogen-bond donors (Lipinski definition) is 1. The second kappa shape index (κ2) is 8.13. The fraction of sp³-hybridized carbons (Fsp3) is 0.211. The molecule has 0 aliphatic carbocycles. The van der Waals surface area contributed by atoms with Crippen molar-refractivity contribution in [1.82, 2.24) is 0 Å². The minimum Gasteiger partial charge on any atom is -0.494 e. The van der Waals surface area contributed by atoms with Gasteiger partial charge in [-0.2, -0.15) is 0 Å². The maximum Gasteiger partial charge on any atom is 0.351 e. The van der Waals surface area contributed by atoms with E-state index in [9.17, 15) is 14.4 Å². The third-order valence-corrected chi connectivity index (χ3v) is 5.01. The highest BCUT2D eigenvalue weighted by Gasteiger charge is 2.19. The number of fused-ring (bicyclic) bond motifs is 1. The number of thiophene rings is 1. The zero-order valence-electron chi connectivity index (χ0n) is 15.5. The summed E-state index contributed by atoms with van der Waals surface area (Å²) in [6.07, 6.45) is 0. The molecule has 0 aliphatic heterocycles. The Balaban J connectivity index is 1.80. The van der Waals surface area contributed by atoms with Crippen LogP contribution < -0.4 is 20.6 Å². The van der Waals surface area contributed by atoms with Crippen LogP contribution in [0.25, 0.3) is 10.3 Å². The van der Waals surface area contributed by atoms with E-state index in [0.29, 0.717) is 27.6 Å². The Morgan fingerprint density at radius 2 is 1.93 bits per heavy atom. The van der Waals surface area contributed by atoms with Crippen LogP contribution >= 0.6 is 11.3 Å². The molecule has 146 valence electrons. The Labute approximate surface area is 164 Å². The molecular formula is C19H18N2O6S. The van der Waals surface area contributed by atoms with Gasteiger partial charge in [0.2, 0.25) is 0 Å². The first kappa shape index (κ1) is 19.4. The van der Waals surface area contributed by atoms with Crippen molar-refractivity contribution < 1.29 is 23.5 Å². The molecule has 1 N–H and O–H groups in total. The average Bonchev–Trinajstić information content (AvgIpc) is 3.10. The van der Waals surface area contributed by atoms with E-state index in [1.807, 2.05) is 6.92 Å². The maximum absolute atomic E-state index is 12.5. The molecule has 0 fully saturated rings. The van der Waals surface area contributed by atoms with Crippen molar-refractivity contribution in [2.45, 2.75) is 6.92 Å². The highest BCUT2D eigenvalue weighted by molar-refractivity contribution is 7.22. The Morgan fingerprint density at radius 1 is 1.21 bits per heavy atom. The van der Waals surface area contributed by atoms with Crippen molar-refractivity contribution >= 4 is 44.3 Å². The van der Waals surface area contributed by atoms with Gasteiger partial charge in [0.25, 0.3) is 0 Å². The first-order chi connectivity index (χ1) is 13.4. The Bertz CT molecular complexity index is 1070. The maximum atomic E-state index is 12.5. The first-order valence-corrected chi connectivity index (χ1v) is 9.18. The van der Waals surface area contributed by atoms with E-state index in [1.54, 1.807) is 37.4 Å². The normalized spacial score (nSPS) is 10.5. The standard InChI is InChI=1S/C19H18N2O6S/c1-4-26-12-7-5-11(6-8-12)20-19(24)21(2)16-10-14-15(28-16)9-13(17(22)25-3)18(23)27-14/h5-10H,4H2,1-3H3,(H,20,24). The van der Waals surface area contributed by atoms with Crippen molar-refractivity contribution in [2.24, 2.45) is 0 Å². The fourth-order valence-corrected chi connectivity index (χ4v) is 3.42. The molecule has 3 rings (SSSR count). The molecule has 0 radical (unpaired) electrons. The largest absolute Gasteiger partial charge is 0.494 e. The summed E-state index contributed by atoms with van der Waals surface area (Å²) in [6, 6.07) is 9.61. The number of hydrogen-bond acceptors (Lipinski definition) is 7. The van der Waals surface area contributed by atoms with Gasteiger partial charge < -0.3 is 19.2 Å². The van der Waals surface area contributed by atoms with Crippen LogP contribution in [0.3, 0.4) is 0 Å². The van der Waals surface area contributed by atoms with Crippen molar-refractivity contribution in [2.75, 3.05) is 31.0 Å². The molecule has 9 heteroatoms. The van der Waals surface area contributed by atoms with Gasteiger partial charge in [-0.05, 0) is 37.3 Å². The second-order valence-corrected chi connectivity index (χ2v) is 6.76. The van der Waals surface area contributed by atoms with Crippen molar-refractivity contribution in [1.29, 1.82) is 0 Å². The number of benzene rings is 1. The van der Waals surface area contributed by atoms with Gasteiger partial charge in [-0.15, -0.1) is 11.3 Å². The molecule has 0 aliphatic rings. The minimum absolute atomic E-state index is 0.190. The molecule has 0 spiro atoms. The lowest BCUT2D eigenvalue weighted by Gasteiger charge is -2.16. The molecule has 3 aromatic rings. The van der Waals surface area contributed by atoms with E-state index in [0.717, 1.165) is 5.75 Å². The van der Waals surface area contributed by atoms with Gasteiger partial charge in [0.1, 0.15) is 16.3 Å². The van der Waals surface area contributed by atoms with E-state index >= 15 is 0 Å². The topological polar surface area (TPSA) is 98.1 Å². The summed E-state index contributed by atoms with van der Waals surface area (Å²) in [4.78, 5) is 37.4. The lowest BCUT2D eigenvalue weighted by atomic mass is 10.3. The lowest BCUT2D eigenvalue weighted by molar-refractivity contribution is 0.0596. The Kier molecular flexibility index (Phi) is 5.65. The molecule has 2 aromatic heterocycles. The van der Waals surface area contributed by atoms with Gasteiger partial charge in [0, 0.05) is 18.8 Å². The number of methoxy groups -OCH3 is 1. The molecule has 0 bridgehead atoms. The summed E-state index contributed by atoms with van der Waals surface area (Å²) in [6.45, 7) is 2.46. The minimum atomic E-state index is -0.787. The molecule has 28 heavy (non-hydrogen) atoms. The molecule has 2 amide bonds. The highest BCUT2D eigenvalue weighted by Crippen LogP contribution is 2.32. The number of nitrogens with one attached hydrogen (secondary N) is 1. The summed E-state index contributed by atoms with van der Waals surface area (Å²) in [5.74, 6) is -0.0537. The van der Waals surface area contributed by atoms with E-state index in [-0.39, 0.29) is 11.6 Å². The van der Waals surface area contributed by atoms with E-state index in [2.05, 4.69) is 10.1 Å². The summed E-state index contributed by atoms with van der Waals surface area (Å²) in [5.41, 5.74) is -0.0746. The van der Waals surface area contributed by atoms with Crippen LogP contribution in [0.2, 0.25) is 0 Å². The first-order valence-electron chi connectivity index (χ1n) is 8.36. The number of rotatable bonds is 5. The Morgan fingerprint density at radius 3 is 2.57 bits per heavy atom. The number of urea groups is 1. The third-order valence-electron chi connectivity index (χ3n) is 3.87. The fourth-order valence-electron chi connectivity index (χ4n) is 2.43. The van der Waals surface area contributed by atoms with Crippen LogP contribution in [0, 0.1) is 0 Å². The summed E-state index contributed by atoms with van der Waals surface area (Å²) in [7, 11) is 2.78. The molecule has 2 heterocycles.